The maximum Gasteiger partial charge on any atom is 0.119 e. The van der Waals surface area contributed by atoms with Crippen LogP contribution in [-0.4, -0.2) is 12.1 Å². The van der Waals surface area contributed by atoms with E-state index in [1.54, 1.807) is 0 Å². The Labute approximate surface area is 111 Å². The molecule has 2 nitrogen and oxygen atoms in total. The summed E-state index contributed by atoms with van der Waals surface area (Å²) < 4.78 is 5.97. The molecule has 0 heterocycles. The van der Waals surface area contributed by atoms with Gasteiger partial charge in [0.1, 0.15) is 11.9 Å². The van der Waals surface area contributed by atoms with E-state index in [1.807, 2.05) is 0 Å². The molecule has 1 aliphatic carbocycles. The van der Waals surface area contributed by atoms with Crippen molar-refractivity contribution >= 4 is 0 Å². The second-order valence-electron chi connectivity index (χ2n) is 6.07. The van der Waals surface area contributed by atoms with Crippen molar-refractivity contribution in [1.29, 1.82) is 0 Å². The number of benzene rings is 1. The van der Waals surface area contributed by atoms with E-state index < -0.39 is 0 Å². The highest BCUT2D eigenvalue weighted by Gasteiger charge is 2.23. The summed E-state index contributed by atoms with van der Waals surface area (Å²) in [6, 6.07) is 8.89. The number of hydrogen-bond acceptors (Lipinski definition) is 2. The summed E-state index contributed by atoms with van der Waals surface area (Å²) >= 11 is 0. The molecule has 2 rings (SSSR count). The minimum atomic E-state index is 0.244. The van der Waals surface area contributed by atoms with Gasteiger partial charge in [0.05, 0.1) is 0 Å². The highest BCUT2D eigenvalue weighted by atomic mass is 16.5. The molecule has 18 heavy (non-hydrogen) atoms. The van der Waals surface area contributed by atoms with Gasteiger partial charge in [0.2, 0.25) is 0 Å². The summed E-state index contributed by atoms with van der Waals surface area (Å²) in [6.07, 6.45) is 4.62. The first-order valence-electron chi connectivity index (χ1n) is 7.04. The highest BCUT2D eigenvalue weighted by molar-refractivity contribution is 5.31. The predicted molar refractivity (Wildman–Crippen MR) is 76.0 cm³/mol. The van der Waals surface area contributed by atoms with Gasteiger partial charge in [-0.3, -0.25) is 0 Å². The van der Waals surface area contributed by atoms with Crippen LogP contribution in [0.4, 0.5) is 0 Å². The summed E-state index contributed by atoms with van der Waals surface area (Å²) in [4.78, 5) is 0. The van der Waals surface area contributed by atoms with Crippen LogP contribution >= 0.6 is 0 Å². The van der Waals surface area contributed by atoms with Gasteiger partial charge in [-0.2, -0.15) is 0 Å². The molecular weight excluding hydrogens is 222 g/mol. The number of rotatable bonds is 4. The maximum absolute atomic E-state index is 5.97. The fourth-order valence-corrected chi connectivity index (χ4v) is 2.46. The number of hydrogen-bond donors (Lipinski definition) is 1. The first-order chi connectivity index (χ1) is 8.51. The maximum atomic E-state index is 5.97. The van der Waals surface area contributed by atoms with E-state index in [1.165, 1.54) is 5.56 Å². The van der Waals surface area contributed by atoms with Crippen LogP contribution in [0.3, 0.4) is 0 Å². The molecular formula is C16H25NO. The Hall–Kier alpha value is -1.02. The summed E-state index contributed by atoms with van der Waals surface area (Å²) in [6.45, 7) is 6.78. The van der Waals surface area contributed by atoms with Crippen molar-refractivity contribution < 1.29 is 4.74 Å². The van der Waals surface area contributed by atoms with E-state index in [2.05, 4.69) is 45.0 Å². The standard InChI is InChI=1S/C16H25NO/c1-4-16(2,3)12-5-8-14(9-6-12)18-15-10-7-13(17)11-15/h5-6,8-9,13,15H,4,7,10-11,17H2,1-3H3. The van der Waals surface area contributed by atoms with Gasteiger partial charge in [-0.1, -0.05) is 32.9 Å². The van der Waals surface area contributed by atoms with Crippen molar-refractivity contribution in [1.82, 2.24) is 0 Å². The molecule has 0 bridgehead atoms. The lowest BCUT2D eigenvalue weighted by atomic mass is 9.82. The lowest BCUT2D eigenvalue weighted by Gasteiger charge is -2.23. The molecule has 2 heteroatoms. The van der Waals surface area contributed by atoms with Crippen molar-refractivity contribution in [3.63, 3.8) is 0 Å². The lowest BCUT2D eigenvalue weighted by Crippen LogP contribution is -2.19. The van der Waals surface area contributed by atoms with E-state index in [9.17, 15) is 0 Å². The van der Waals surface area contributed by atoms with Crippen LogP contribution in [0.5, 0.6) is 5.75 Å². The topological polar surface area (TPSA) is 35.2 Å². The zero-order valence-corrected chi connectivity index (χ0v) is 11.8. The smallest absolute Gasteiger partial charge is 0.119 e. The fraction of sp³-hybridized carbons (Fsp3) is 0.625. The first kappa shape index (κ1) is 13.4. The van der Waals surface area contributed by atoms with Gasteiger partial charge in [-0.05, 0) is 48.8 Å². The molecule has 1 aromatic carbocycles. The average Bonchev–Trinajstić information content (AvgIpc) is 2.75. The molecule has 1 saturated carbocycles. The van der Waals surface area contributed by atoms with Gasteiger partial charge in [-0.25, -0.2) is 0 Å². The summed E-state index contributed by atoms with van der Waals surface area (Å²) in [7, 11) is 0. The van der Waals surface area contributed by atoms with Crippen LogP contribution < -0.4 is 10.5 Å². The third-order valence-electron chi connectivity index (χ3n) is 4.25. The minimum Gasteiger partial charge on any atom is -0.490 e. The Morgan fingerprint density at radius 1 is 1.22 bits per heavy atom. The van der Waals surface area contributed by atoms with Crippen LogP contribution in [0.1, 0.15) is 52.0 Å². The van der Waals surface area contributed by atoms with E-state index >= 15 is 0 Å². The zero-order chi connectivity index (χ0) is 13.2. The molecule has 0 saturated heterocycles. The van der Waals surface area contributed by atoms with E-state index in [0.29, 0.717) is 12.1 Å². The Bertz CT molecular complexity index is 383. The number of ether oxygens (including phenoxy) is 1. The SMILES string of the molecule is CCC(C)(C)c1ccc(OC2CCC(N)C2)cc1. The summed E-state index contributed by atoms with van der Waals surface area (Å²) in [5, 5.41) is 0. The van der Waals surface area contributed by atoms with Crippen molar-refractivity contribution in [2.24, 2.45) is 5.73 Å². The Morgan fingerprint density at radius 3 is 2.39 bits per heavy atom. The predicted octanol–water partition coefficient (Wildman–Crippen LogP) is 3.63. The first-order valence-corrected chi connectivity index (χ1v) is 7.04. The minimum absolute atomic E-state index is 0.244. The normalized spacial score (nSPS) is 24.2. The molecule has 1 aliphatic rings. The monoisotopic (exact) mass is 247 g/mol. The third kappa shape index (κ3) is 3.05. The lowest BCUT2D eigenvalue weighted by molar-refractivity contribution is 0.208. The average molecular weight is 247 g/mol. The fourth-order valence-electron chi connectivity index (χ4n) is 2.46. The van der Waals surface area contributed by atoms with Gasteiger partial charge in [0, 0.05) is 6.04 Å². The molecule has 1 aromatic rings. The van der Waals surface area contributed by atoms with Crippen LogP contribution in [0.15, 0.2) is 24.3 Å². The Kier molecular flexibility index (Phi) is 3.96. The highest BCUT2D eigenvalue weighted by Crippen LogP contribution is 2.29. The Balaban J connectivity index is 2.00. The van der Waals surface area contributed by atoms with Gasteiger partial charge in [0.15, 0.2) is 0 Å². The molecule has 2 N–H and O–H groups in total. The molecule has 0 aliphatic heterocycles. The molecule has 0 aromatic heterocycles. The van der Waals surface area contributed by atoms with Crippen molar-refractivity contribution in [3.05, 3.63) is 29.8 Å². The van der Waals surface area contributed by atoms with Gasteiger partial charge >= 0.3 is 0 Å². The van der Waals surface area contributed by atoms with Crippen molar-refractivity contribution in [2.75, 3.05) is 0 Å². The summed E-state index contributed by atoms with van der Waals surface area (Å²) in [5.41, 5.74) is 7.52. The van der Waals surface area contributed by atoms with E-state index in [0.717, 1.165) is 31.4 Å². The molecule has 2 atom stereocenters. The quantitative estimate of drug-likeness (QED) is 0.881. The zero-order valence-electron chi connectivity index (χ0n) is 11.8. The van der Waals surface area contributed by atoms with Crippen LogP contribution in [-0.2, 0) is 5.41 Å². The molecule has 0 radical (unpaired) electrons. The molecule has 2 unspecified atom stereocenters. The van der Waals surface area contributed by atoms with Crippen LogP contribution in [0.25, 0.3) is 0 Å². The molecule has 0 spiro atoms. The van der Waals surface area contributed by atoms with Gasteiger partial charge < -0.3 is 10.5 Å². The van der Waals surface area contributed by atoms with E-state index in [4.69, 9.17) is 10.5 Å². The molecule has 1 fully saturated rings. The van der Waals surface area contributed by atoms with Crippen LogP contribution in [0, 0.1) is 0 Å². The second kappa shape index (κ2) is 5.31. The van der Waals surface area contributed by atoms with Crippen LogP contribution in [0.2, 0.25) is 0 Å². The molecule has 100 valence electrons. The van der Waals surface area contributed by atoms with Gasteiger partial charge in [-0.15, -0.1) is 0 Å². The largest absolute Gasteiger partial charge is 0.490 e. The van der Waals surface area contributed by atoms with E-state index in [-0.39, 0.29) is 5.41 Å². The van der Waals surface area contributed by atoms with Crippen molar-refractivity contribution in [2.45, 2.75) is 64.0 Å². The number of nitrogens with two attached hydrogens (primary N) is 1. The third-order valence-corrected chi connectivity index (χ3v) is 4.25. The Morgan fingerprint density at radius 2 is 1.89 bits per heavy atom. The van der Waals surface area contributed by atoms with Crippen molar-refractivity contribution in [3.8, 4) is 5.75 Å². The second-order valence-corrected chi connectivity index (χ2v) is 6.07. The molecule has 0 amide bonds. The summed E-state index contributed by atoms with van der Waals surface area (Å²) in [5.74, 6) is 0.977. The van der Waals surface area contributed by atoms with Gasteiger partial charge in [0.25, 0.3) is 0 Å².